The molecule has 0 aliphatic carbocycles. The first-order valence-corrected chi connectivity index (χ1v) is 13.7. The van der Waals surface area contributed by atoms with Crippen LogP contribution in [0.2, 0.25) is 0 Å². The highest BCUT2D eigenvalue weighted by atomic mass is 32.2. The zero-order chi connectivity index (χ0) is 26.4. The first-order chi connectivity index (χ1) is 17.8. The second-order valence-corrected chi connectivity index (χ2v) is 10.9. The maximum absolute atomic E-state index is 13.7. The summed E-state index contributed by atoms with van der Waals surface area (Å²) >= 11 is 0. The first kappa shape index (κ1) is 26.3. The Morgan fingerprint density at radius 3 is 2.51 bits per heavy atom. The fourth-order valence-electron chi connectivity index (χ4n) is 4.67. The number of amides is 1. The van der Waals surface area contributed by atoms with Crippen molar-refractivity contribution < 1.29 is 16.1 Å². The van der Waals surface area contributed by atoms with Crippen molar-refractivity contribution in [3.8, 4) is 0 Å². The summed E-state index contributed by atoms with van der Waals surface area (Å²) in [5, 5.41) is 0.580. The van der Waals surface area contributed by atoms with Crippen molar-refractivity contribution in [3.05, 3.63) is 114 Å². The maximum atomic E-state index is 13.7. The molecule has 1 amide bonds. The molecular formula is C29H35N3O4S. The number of piperidine rings is 1. The molecule has 1 aliphatic rings. The summed E-state index contributed by atoms with van der Waals surface area (Å²) in [5.74, 6) is 0.146. The topological polar surface area (TPSA) is 99.3 Å². The summed E-state index contributed by atoms with van der Waals surface area (Å²) in [6, 6.07) is 15.2. The number of fused-ring (bicyclic) bond motifs is 1. The van der Waals surface area contributed by atoms with Gasteiger partial charge in [0.2, 0.25) is 21.5 Å². The molecule has 1 saturated heterocycles. The number of hydrogen-bond acceptors (Lipinski definition) is 4. The number of carbonyl (C=O) groups is 1. The van der Waals surface area contributed by atoms with Gasteiger partial charge in [-0.15, -0.1) is 0 Å². The average Bonchev–Trinajstić information content (AvgIpc) is 2.91. The van der Waals surface area contributed by atoms with Gasteiger partial charge in [-0.25, -0.2) is 8.42 Å². The molecule has 0 radical (unpaired) electrons. The molecule has 1 atom stereocenters. The van der Waals surface area contributed by atoms with Crippen LogP contribution < -0.4 is 10.3 Å². The van der Waals surface area contributed by atoms with E-state index in [1.807, 2.05) is 18.2 Å². The number of pyridine rings is 1. The third-order valence-corrected chi connectivity index (χ3v) is 8.12. The molecule has 1 aromatic heterocycles. The zero-order valence-electron chi connectivity index (χ0n) is 20.6. The molecule has 3 aromatic rings. The number of nitrogens with zero attached hydrogens (tertiary/aromatic N) is 1. The lowest BCUT2D eigenvalue weighted by Crippen LogP contribution is -2.46. The molecule has 196 valence electrons. The van der Waals surface area contributed by atoms with Crippen LogP contribution in [0.3, 0.4) is 0 Å². The molecule has 8 heteroatoms. The van der Waals surface area contributed by atoms with Crippen molar-refractivity contribution >= 4 is 26.8 Å². The van der Waals surface area contributed by atoms with Crippen molar-refractivity contribution in [1.29, 1.82) is 0 Å². The highest BCUT2D eigenvalue weighted by Crippen LogP contribution is 2.28. The van der Waals surface area contributed by atoms with Crippen molar-refractivity contribution in [1.82, 2.24) is 14.6 Å². The molecule has 2 aromatic carbocycles. The Morgan fingerprint density at radius 1 is 1.11 bits per heavy atom. The minimum atomic E-state index is -4.05. The molecule has 7 nitrogen and oxygen atoms in total. The number of aromatic amines is 1. The normalized spacial score (nSPS) is 15.9. The van der Waals surface area contributed by atoms with Gasteiger partial charge in [-0.3, -0.25) is 9.59 Å². The third kappa shape index (κ3) is 6.34. The smallest absolute Gasteiger partial charge is 0.248 e. The lowest BCUT2D eigenvalue weighted by atomic mass is 9.89. The van der Waals surface area contributed by atoms with Crippen LogP contribution in [0.5, 0.6) is 0 Å². The largest absolute Gasteiger partial charge is 0.341 e. The SMILES string of the molecule is C=C/C=C(\C=C)CC1CCN(C(=O)C(NS(=O)(=O)c2ccc3[nH]c(=O)ccc3c2)c2ccccc2)CC1.[HH].[HH]. The van der Waals surface area contributed by atoms with E-state index in [-0.39, 0.29) is 19.2 Å². The van der Waals surface area contributed by atoms with Crippen LogP contribution >= 0.6 is 0 Å². The van der Waals surface area contributed by atoms with Gasteiger partial charge in [0.15, 0.2) is 0 Å². The van der Waals surface area contributed by atoms with E-state index >= 15 is 0 Å². The predicted molar refractivity (Wildman–Crippen MR) is 151 cm³/mol. The lowest BCUT2D eigenvalue weighted by molar-refractivity contribution is -0.134. The van der Waals surface area contributed by atoms with E-state index in [4.69, 9.17) is 0 Å². The number of hydrogen-bond donors (Lipinski definition) is 2. The van der Waals surface area contributed by atoms with Gasteiger partial charge in [-0.05, 0) is 66.0 Å². The van der Waals surface area contributed by atoms with Crippen molar-refractivity contribution in [2.75, 3.05) is 13.1 Å². The molecule has 4 rings (SSSR count). The average molecular weight is 522 g/mol. The van der Waals surface area contributed by atoms with E-state index in [1.165, 1.54) is 18.2 Å². The van der Waals surface area contributed by atoms with E-state index in [2.05, 4.69) is 22.9 Å². The Labute approximate surface area is 220 Å². The van der Waals surface area contributed by atoms with Gasteiger partial charge in [0.05, 0.1) is 4.90 Å². The number of benzene rings is 2. The van der Waals surface area contributed by atoms with Crippen molar-refractivity contribution in [2.45, 2.75) is 30.2 Å². The van der Waals surface area contributed by atoms with Crippen LogP contribution in [0, 0.1) is 5.92 Å². The number of carbonyl (C=O) groups excluding carboxylic acids is 1. The second-order valence-electron chi connectivity index (χ2n) is 9.19. The standard InChI is InChI=1S/C29H31N3O4S.2H2/c1-3-8-21(4-2)19-22-15-17-32(18-16-22)29(34)28(23-9-6-5-7-10-23)31-37(35,36)25-12-13-26-24(20-25)11-14-27(33)30-26;;/h3-14,20,22,28,31H,1-2,15-19H2,(H,30,33);2*1H/b21-8+;;. The lowest BCUT2D eigenvalue weighted by Gasteiger charge is -2.34. The highest BCUT2D eigenvalue weighted by molar-refractivity contribution is 7.89. The van der Waals surface area contributed by atoms with Gasteiger partial charge in [-0.2, -0.15) is 4.72 Å². The fraction of sp³-hybridized carbons (Fsp3) is 0.241. The Kier molecular flexibility index (Phi) is 8.21. The van der Waals surface area contributed by atoms with Gasteiger partial charge >= 0.3 is 0 Å². The molecule has 0 spiro atoms. The van der Waals surface area contributed by atoms with Crippen molar-refractivity contribution in [2.24, 2.45) is 5.92 Å². The molecule has 37 heavy (non-hydrogen) atoms. The van der Waals surface area contributed by atoms with E-state index in [9.17, 15) is 18.0 Å². The van der Waals surface area contributed by atoms with E-state index in [0.717, 1.165) is 24.8 Å². The Hall–Kier alpha value is -3.75. The summed E-state index contributed by atoms with van der Waals surface area (Å²) in [6.07, 6.45) is 8.07. The van der Waals surface area contributed by atoms with Gasteiger partial charge in [0, 0.05) is 27.5 Å². The number of sulfonamides is 1. The fourth-order valence-corrected chi connectivity index (χ4v) is 5.89. The van der Waals surface area contributed by atoms with Crippen LogP contribution in [-0.2, 0) is 14.8 Å². The quantitative estimate of drug-likeness (QED) is 0.389. The predicted octanol–water partition coefficient (Wildman–Crippen LogP) is 4.97. The summed E-state index contributed by atoms with van der Waals surface area (Å²) in [7, 11) is -4.05. The van der Waals surface area contributed by atoms with E-state index < -0.39 is 16.1 Å². The van der Waals surface area contributed by atoms with Gasteiger partial charge in [0.25, 0.3) is 0 Å². The summed E-state index contributed by atoms with van der Waals surface area (Å²) in [4.78, 5) is 29.7. The monoisotopic (exact) mass is 521 g/mol. The molecule has 1 unspecified atom stereocenters. The Bertz CT molecular complexity index is 1500. The van der Waals surface area contributed by atoms with Crippen LogP contribution in [0.4, 0.5) is 0 Å². The van der Waals surface area contributed by atoms with Crippen LogP contribution in [0.15, 0.2) is 107 Å². The molecule has 1 fully saturated rings. The number of H-pyrrole nitrogens is 1. The van der Waals surface area contributed by atoms with Crippen LogP contribution in [-0.4, -0.2) is 37.3 Å². The molecule has 2 heterocycles. The van der Waals surface area contributed by atoms with E-state index in [1.54, 1.807) is 47.4 Å². The third-order valence-electron chi connectivity index (χ3n) is 6.70. The Morgan fingerprint density at radius 2 is 1.84 bits per heavy atom. The van der Waals surface area contributed by atoms with Gasteiger partial charge in [-0.1, -0.05) is 61.7 Å². The molecule has 1 aliphatic heterocycles. The highest BCUT2D eigenvalue weighted by Gasteiger charge is 2.32. The molecule has 0 saturated carbocycles. The van der Waals surface area contributed by atoms with Crippen molar-refractivity contribution in [3.63, 3.8) is 0 Å². The minimum Gasteiger partial charge on any atom is -0.341 e. The molecular weight excluding hydrogens is 486 g/mol. The summed E-state index contributed by atoms with van der Waals surface area (Å²) in [6.45, 7) is 8.71. The van der Waals surface area contributed by atoms with E-state index in [0.29, 0.717) is 35.5 Å². The second kappa shape index (κ2) is 11.5. The van der Waals surface area contributed by atoms with Crippen LogP contribution in [0.25, 0.3) is 10.9 Å². The van der Waals surface area contributed by atoms with Gasteiger partial charge < -0.3 is 9.88 Å². The number of aromatic nitrogens is 1. The van der Waals surface area contributed by atoms with Gasteiger partial charge in [0.1, 0.15) is 6.04 Å². The minimum absolute atomic E-state index is 0. The summed E-state index contributed by atoms with van der Waals surface area (Å²) in [5.41, 5.74) is 1.96. The molecule has 0 bridgehead atoms. The summed E-state index contributed by atoms with van der Waals surface area (Å²) < 4.78 is 29.5. The molecule has 2 N–H and O–H groups in total. The van der Waals surface area contributed by atoms with Crippen LogP contribution in [0.1, 0.15) is 33.7 Å². The number of nitrogens with one attached hydrogen (secondary N) is 2. The first-order valence-electron chi connectivity index (χ1n) is 12.2. The maximum Gasteiger partial charge on any atom is 0.248 e. The number of allylic oxidation sites excluding steroid dienone is 4. The number of likely N-dealkylation sites (tertiary alicyclic amines) is 1. The number of rotatable bonds is 9. The zero-order valence-corrected chi connectivity index (χ0v) is 21.4. The Balaban J connectivity index is 0.00000267.